The van der Waals surface area contributed by atoms with E-state index in [1.165, 1.54) is 12.1 Å². The maximum absolute atomic E-state index is 12.6. The standard InChI is InChI=1S/C16H18N4O3S/c1-11-3-7-13(8-4-11)19-20-16(15(21)18-17)24(22,23)14-9-5-12(2)6-10-14/h3-10,19H,17H2,1-2H3,(H,18,21). The van der Waals surface area contributed by atoms with Gasteiger partial charge in [-0.15, -0.1) is 0 Å². The maximum atomic E-state index is 12.6. The van der Waals surface area contributed by atoms with Gasteiger partial charge in [0.15, 0.2) is 0 Å². The van der Waals surface area contributed by atoms with E-state index in [1.54, 1.807) is 24.3 Å². The summed E-state index contributed by atoms with van der Waals surface area (Å²) in [7, 11) is -4.11. The highest BCUT2D eigenvalue weighted by atomic mass is 32.2. The summed E-state index contributed by atoms with van der Waals surface area (Å²) in [6, 6.07) is 13.2. The molecule has 0 aliphatic rings. The van der Waals surface area contributed by atoms with E-state index in [2.05, 4.69) is 10.5 Å². The van der Waals surface area contributed by atoms with Crippen molar-refractivity contribution in [3.63, 3.8) is 0 Å². The molecule has 0 fully saturated rings. The second-order valence-electron chi connectivity index (χ2n) is 5.18. The van der Waals surface area contributed by atoms with E-state index in [0.717, 1.165) is 11.1 Å². The molecule has 0 aliphatic carbocycles. The third-order valence-corrected chi connectivity index (χ3v) is 4.93. The van der Waals surface area contributed by atoms with E-state index in [0.29, 0.717) is 5.69 Å². The number of benzene rings is 2. The van der Waals surface area contributed by atoms with Crippen molar-refractivity contribution in [1.82, 2.24) is 5.43 Å². The number of nitrogens with zero attached hydrogens (tertiary/aromatic N) is 1. The highest BCUT2D eigenvalue weighted by Crippen LogP contribution is 2.15. The van der Waals surface area contributed by atoms with Gasteiger partial charge >= 0.3 is 0 Å². The number of hydrazone groups is 1. The Bertz CT molecular complexity index is 857. The minimum atomic E-state index is -4.11. The first-order valence-corrected chi connectivity index (χ1v) is 8.56. The molecule has 2 rings (SSSR count). The highest BCUT2D eigenvalue weighted by molar-refractivity contribution is 8.08. The zero-order valence-electron chi connectivity index (χ0n) is 13.3. The number of rotatable bonds is 3. The van der Waals surface area contributed by atoms with Crippen LogP contribution in [-0.2, 0) is 14.6 Å². The number of carbonyl (C=O) groups excluding carboxylic acids is 1. The van der Waals surface area contributed by atoms with Gasteiger partial charge in [-0.25, -0.2) is 14.3 Å². The first-order valence-electron chi connectivity index (χ1n) is 7.07. The largest absolute Gasteiger partial charge is 0.297 e. The molecule has 0 saturated carbocycles. The molecule has 0 spiro atoms. The summed E-state index contributed by atoms with van der Waals surface area (Å²) >= 11 is 0. The van der Waals surface area contributed by atoms with Gasteiger partial charge in [-0.1, -0.05) is 35.4 Å². The van der Waals surface area contributed by atoms with Crippen molar-refractivity contribution >= 4 is 26.5 Å². The van der Waals surface area contributed by atoms with Gasteiger partial charge in [0.1, 0.15) is 0 Å². The lowest BCUT2D eigenvalue weighted by Gasteiger charge is -2.08. The summed E-state index contributed by atoms with van der Waals surface area (Å²) in [5, 5.41) is 3.04. The molecule has 7 nitrogen and oxygen atoms in total. The van der Waals surface area contributed by atoms with E-state index >= 15 is 0 Å². The van der Waals surface area contributed by atoms with Gasteiger partial charge in [0, 0.05) is 0 Å². The van der Waals surface area contributed by atoms with Crippen molar-refractivity contribution in [3.8, 4) is 0 Å². The number of sulfone groups is 1. The van der Waals surface area contributed by atoms with Crippen LogP contribution in [0.1, 0.15) is 11.1 Å². The fourth-order valence-corrected chi connectivity index (χ4v) is 3.05. The third-order valence-electron chi connectivity index (χ3n) is 3.25. The van der Waals surface area contributed by atoms with Crippen molar-refractivity contribution in [2.75, 3.05) is 5.43 Å². The number of anilines is 1. The topological polar surface area (TPSA) is 114 Å². The second kappa shape index (κ2) is 7.24. The Kier molecular flexibility index (Phi) is 5.32. The lowest BCUT2D eigenvalue weighted by Crippen LogP contribution is -2.40. The quantitative estimate of drug-likeness (QED) is 0.256. The molecule has 0 unspecified atom stereocenters. The molecular formula is C16H18N4O3S. The van der Waals surface area contributed by atoms with Crippen molar-refractivity contribution < 1.29 is 13.2 Å². The van der Waals surface area contributed by atoms with Gasteiger partial charge < -0.3 is 0 Å². The van der Waals surface area contributed by atoms with Crippen LogP contribution in [0.15, 0.2) is 58.5 Å². The third kappa shape index (κ3) is 3.98. The zero-order chi connectivity index (χ0) is 17.7. The van der Waals surface area contributed by atoms with E-state index < -0.39 is 20.8 Å². The molecular weight excluding hydrogens is 328 g/mol. The first kappa shape index (κ1) is 17.6. The molecule has 0 heterocycles. The Hall–Kier alpha value is -2.71. The van der Waals surface area contributed by atoms with Crippen LogP contribution in [0.3, 0.4) is 0 Å². The van der Waals surface area contributed by atoms with Crippen LogP contribution in [0, 0.1) is 13.8 Å². The number of nitrogens with one attached hydrogen (secondary N) is 2. The average molecular weight is 346 g/mol. The monoisotopic (exact) mass is 346 g/mol. The molecule has 0 atom stereocenters. The van der Waals surface area contributed by atoms with Gasteiger partial charge in [-0.05, 0) is 38.1 Å². The predicted octanol–water partition coefficient (Wildman–Crippen LogP) is 1.49. The molecule has 0 radical (unpaired) electrons. The minimum absolute atomic E-state index is 0.0406. The van der Waals surface area contributed by atoms with E-state index in [4.69, 9.17) is 5.84 Å². The number of nitrogens with two attached hydrogens (primary N) is 1. The van der Waals surface area contributed by atoms with Gasteiger partial charge in [-0.2, -0.15) is 5.10 Å². The van der Waals surface area contributed by atoms with Gasteiger partial charge in [0.05, 0.1) is 10.6 Å². The van der Waals surface area contributed by atoms with Crippen LogP contribution < -0.4 is 16.7 Å². The Labute approximate surface area is 140 Å². The molecule has 8 heteroatoms. The van der Waals surface area contributed by atoms with E-state index in [1.807, 2.05) is 31.4 Å². The normalized spacial score (nSPS) is 11.9. The Morgan fingerprint density at radius 1 is 0.958 bits per heavy atom. The van der Waals surface area contributed by atoms with E-state index in [9.17, 15) is 13.2 Å². The molecule has 2 aromatic rings. The lowest BCUT2D eigenvalue weighted by atomic mass is 10.2. The molecule has 24 heavy (non-hydrogen) atoms. The average Bonchev–Trinajstić information content (AvgIpc) is 2.56. The molecule has 126 valence electrons. The maximum Gasteiger partial charge on any atom is 0.297 e. The van der Waals surface area contributed by atoms with Crippen molar-refractivity contribution in [1.29, 1.82) is 0 Å². The number of hydrazine groups is 1. The number of aryl methyl sites for hydroxylation is 2. The van der Waals surface area contributed by atoms with Gasteiger partial charge in [0.25, 0.3) is 5.91 Å². The fourth-order valence-electron chi connectivity index (χ4n) is 1.87. The zero-order valence-corrected chi connectivity index (χ0v) is 14.1. The minimum Gasteiger partial charge on any atom is -0.288 e. The van der Waals surface area contributed by atoms with Crippen LogP contribution >= 0.6 is 0 Å². The van der Waals surface area contributed by atoms with E-state index in [-0.39, 0.29) is 4.90 Å². The second-order valence-corrected chi connectivity index (χ2v) is 7.05. The molecule has 2 aromatic carbocycles. The van der Waals surface area contributed by atoms with Crippen LogP contribution in [-0.4, -0.2) is 19.4 Å². The Balaban J connectivity index is 2.40. The summed E-state index contributed by atoms with van der Waals surface area (Å²) < 4.78 is 25.3. The number of hydrogen-bond acceptors (Lipinski definition) is 6. The van der Waals surface area contributed by atoms with Crippen LogP contribution in [0.2, 0.25) is 0 Å². The summed E-state index contributed by atoms with van der Waals surface area (Å²) in [5.74, 6) is 4.08. The highest BCUT2D eigenvalue weighted by Gasteiger charge is 2.29. The number of hydrogen-bond donors (Lipinski definition) is 3. The lowest BCUT2D eigenvalue weighted by molar-refractivity contribution is -0.114. The summed E-state index contributed by atoms with van der Waals surface area (Å²) in [6.07, 6.45) is 0. The van der Waals surface area contributed by atoms with Gasteiger partial charge in [-0.3, -0.25) is 15.6 Å². The fraction of sp³-hybridized carbons (Fsp3) is 0.125. The summed E-state index contributed by atoms with van der Waals surface area (Å²) in [5.41, 5.74) is 6.85. The van der Waals surface area contributed by atoms with Gasteiger partial charge in [0.2, 0.25) is 14.9 Å². The Morgan fingerprint density at radius 3 is 1.96 bits per heavy atom. The van der Waals surface area contributed by atoms with Crippen LogP contribution in [0.5, 0.6) is 0 Å². The molecule has 0 saturated heterocycles. The Morgan fingerprint density at radius 2 is 1.46 bits per heavy atom. The van der Waals surface area contributed by atoms with Crippen molar-refractivity contribution in [2.45, 2.75) is 18.7 Å². The molecule has 0 aliphatic heterocycles. The van der Waals surface area contributed by atoms with Crippen LogP contribution in [0.25, 0.3) is 0 Å². The van der Waals surface area contributed by atoms with Crippen LogP contribution in [0.4, 0.5) is 5.69 Å². The van der Waals surface area contributed by atoms with Crippen molar-refractivity contribution in [3.05, 3.63) is 59.7 Å². The predicted molar refractivity (Wildman–Crippen MR) is 92.9 cm³/mol. The smallest absolute Gasteiger partial charge is 0.288 e. The SMILES string of the molecule is Cc1ccc(NN=C(C(=O)NN)S(=O)(=O)c2ccc(C)cc2)cc1. The molecule has 4 N–H and O–H groups in total. The van der Waals surface area contributed by atoms with Crippen molar-refractivity contribution in [2.24, 2.45) is 10.9 Å². The first-order chi connectivity index (χ1) is 11.3. The summed E-state index contributed by atoms with van der Waals surface area (Å²) in [4.78, 5) is 11.8. The molecule has 1 amide bonds. The summed E-state index contributed by atoms with van der Waals surface area (Å²) in [6.45, 7) is 3.75. The number of carbonyl (C=O) groups is 1. The molecule has 0 bridgehead atoms. The molecule has 0 aromatic heterocycles. The number of amides is 1.